The Bertz CT molecular complexity index is 1080. The summed E-state index contributed by atoms with van der Waals surface area (Å²) in [6, 6.07) is 7.22. The maximum Gasteiger partial charge on any atom is 0.335 e. The van der Waals surface area contributed by atoms with E-state index in [2.05, 4.69) is 20.4 Å². The van der Waals surface area contributed by atoms with E-state index in [-0.39, 0.29) is 46.7 Å². The van der Waals surface area contributed by atoms with Crippen molar-refractivity contribution in [3.8, 4) is 0 Å². The van der Waals surface area contributed by atoms with E-state index in [9.17, 15) is 19.2 Å². The molecule has 0 spiro atoms. The molecule has 0 unspecified atom stereocenters. The van der Waals surface area contributed by atoms with Gasteiger partial charge >= 0.3 is 23.9 Å². The zero-order valence-electron chi connectivity index (χ0n) is 16.1. The van der Waals surface area contributed by atoms with Gasteiger partial charge in [0.2, 0.25) is 0 Å². The number of carboxylic acid groups (broad SMARTS) is 4. The molecule has 12 nitrogen and oxygen atoms in total. The van der Waals surface area contributed by atoms with Gasteiger partial charge in [-0.05, 0) is 47.5 Å². The summed E-state index contributed by atoms with van der Waals surface area (Å²) in [7, 11) is 0. The van der Waals surface area contributed by atoms with Gasteiger partial charge in [0, 0.05) is 12.8 Å². The smallest absolute Gasteiger partial charge is 0.335 e. The third-order valence-electron chi connectivity index (χ3n) is 4.26. The summed E-state index contributed by atoms with van der Waals surface area (Å²) in [5.41, 5.74) is -0.150. The first kappa shape index (κ1) is 22.0. The van der Waals surface area contributed by atoms with E-state index in [0.717, 1.165) is 12.1 Å². The van der Waals surface area contributed by atoms with Crippen LogP contribution in [0.2, 0.25) is 0 Å². The summed E-state index contributed by atoms with van der Waals surface area (Å²) in [5, 5.41) is 52.1. The van der Waals surface area contributed by atoms with Crippen molar-refractivity contribution in [2.24, 2.45) is 0 Å². The minimum Gasteiger partial charge on any atom is -0.478 e. The maximum atomic E-state index is 11.2. The van der Waals surface area contributed by atoms with Crippen LogP contribution in [0.1, 0.15) is 64.2 Å². The summed E-state index contributed by atoms with van der Waals surface area (Å²) in [4.78, 5) is 44.8. The van der Waals surface area contributed by atoms with Gasteiger partial charge in [0.25, 0.3) is 0 Å². The average molecular weight is 438 g/mol. The number of benzene rings is 2. The second-order valence-electron chi connectivity index (χ2n) is 6.64. The third kappa shape index (κ3) is 5.24. The first-order valence-corrected chi connectivity index (χ1v) is 8.88. The Balaban J connectivity index is 1.82. The summed E-state index contributed by atoms with van der Waals surface area (Å²) >= 11 is 0. The number of carbonyl (C=O) groups is 4. The molecule has 0 aliphatic carbocycles. The monoisotopic (exact) mass is 438 g/mol. The van der Waals surface area contributed by atoms with E-state index in [0.29, 0.717) is 11.1 Å². The van der Waals surface area contributed by atoms with Gasteiger partial charge in [-0.15, -0.1) is 20.4 Å². The van der Waals surface area contributed by atoms with Crippen LogP contribution in [0.5, 0.6) is 0 Å². The van der Waals surface area contributed by atoms with E-state index in [4.69, 9.17) is 20.4 Å². The average Bonchev–Trinajstić information content (AvgIpc) is 2.74. The highest BCUT2D eigenvalue weighted by atomic mass is 16.4. The van der Waals surface area contributed by atoms with Gasteiger partial charge in [-0.1, -0.05) is 0 Å². The van der Waals surface area contributed by atoms with Crippen LogP contribution in [-0.2, 0) is 12.8 Å². The summed E-state index contributed by atoms with van der Waals surface area (Å²) < 4.78 is 0. The van der Waals surface area contributed by atoms with Crippen molar-refractivity contribution in [1.29, 1.82) is 0 Å². The number of hydrogen-bond acceptors (Lipinski definition) is 8. The minimum atomic E-state index is -1.29. The molecular formula is C20H14N4O8. The van der Waals surface area contributed by atoms with E-state index in [1.165, 1.54) is 24.3 Å². The molecule has 2 aromatic carbocycles. The van der Waals surface area contributed by atoms with Crippen LogP contribution < -0.4 is 0 Å². The van der Waals surface area contributed by atoms with Gasteiger partial charge in [0.1, 0.15) is 0 Å². The maximum absolute atomic E-state index is 11.2. The Morgan fingerprint density at radius 1 is 0.500 bits per heavy atom. The molecule has 0 aliphatic heterocycles. The van der Waals surface area contributed by atoms with Crippen LogP contribution in [0.15, 0.2) is 36.4 Å². The molecule has 0 aliphatic rings. The van der Waals surface area contributed by atoms with Crippen LogP contribution in [0.3, 0.4) is 0 Å². The van der Waals surface area contributed by atoms with Gasteiger partial charge in [0.15, 0.2) is 11.6 Å². The topological polar surface area (TPSA) is 201 Å². The molecule has 12 heteroatoms. The van der Waals surface area contributed by atoms with E-state index >= 15 is 0 Å². The van der Waals surface area contributed by atoms with Gasteiger partial charge in [0.05, 0.1) is 22.3 Å². The minimum absolute atomic E-state index is 0.0284. The molecule has 0 atom stereocenters. The van der Waals surface area contributed by atoms with Gasteiger partial charge in [-0.3, -0.25) is 0 Å². The number of nitrogens with zero attached hydrogens (tertiary/aromatic N) is 4. The lowest BCUT2D eigenvalue weighted by Crippen LogP contribution is -2.09. The molecule has 3 aromatic rings. The predicted octanol–water partition coefficient (Wildman–Crippen LogP) is 1.24. The van der Waals surface area contributed by atoms with Gasteiger partial charge in [-0.25, -0.2) is 19.2 Å². The predicted molar refractivity (Wildman–Crippen MR) is 104 cm³/mol. The van der Waals surface area contributed by atoms with Crippen LogP contribution >= 0.6 is 0 Å². The van der Waals surface area contributed by atoms with Crippen molar-refractivity contribution in [2.75, 3.05) is 0 Å². The van der Waals surface area contributed by atoms with Crippen molar-refractivity contribution in [3.05, 3.63) is 81.4 Å². The lowest BCUT2D eigenvalue weighted by atomic mass is 10.0. The molecule has 0 fully saturated rings. The number of rotatable bonds is 8. The first-order chi connectivity index (χ1) is 15.1. The quantitative estimate of drug-likeness (QED) is 0.392. The highest BCUT2D eigenvalue weighted by molar-refractivity contribution is 5.94. The molecule has 1 heterocycles. The molecular weight excluding hydrogens is 424 g/mol. The Labute approximate surface area is 178 Å². The zero-order chi connectivity index (χ0) is 23.4. The fraction of sp³-hybridized carbons (Fsp3) is 0.100. The standard InChI is InChI=1S/C20H14N4O8/c25-17(26)11-1-9(2-12(7-11)18(27)28)5-15-21-23-16(24-22-15)6-10-3-13(19(29)30)8-14(4-10)20(31)32/h1-4,7-8H,5-6H2,(H,25,26)(H,27,28)(H,29,30)(H,31,32). The van der Waals surface area contributed by atoms with Crippen molar-refractivity contribution < 1.29 is 39.6 Å². The number of aromatic carboxylic acids is 4. The van der Waals surface area contributed by atoms with E-state index in [1.54, 1.807) is 0 Å². The molecule has 0 saturated heterocycles. The number of carboxylic acids is 4. The number of hydrogen-bond donors (Lipinski definition) is 4. The molecule has 32 heavy (non-hydrogen) atoms. The lowest BCUT2D eigenvalue weighted by Gasteiger charge is -2.06. The summed E-state index contributed by atoms with van der Waals surface area (Å²) in [6.07, 6.45) is -0.0569. The van der Waals surface area contributed by atoms with E-state index < -0.39 is 23.9 Å². The number of aromatic nitrogens is 4. The van der Waals surface area contributed by atoms with Gasteiger partial charge < -0.3 is 20.4 Å². The van der Waals surface area contributed by atoms with Crippen LogP contribution in [-0.4, -0.2) is 64.7 Å². The fourth-order valence-electron chi connectivity index (χ4n) is 2.86. The van der Waals surface area contributed by atoms with Crippen molar-refractivity contribution in [1.82, 2.24) is 20.4 Å². The molecule has 3 rings (SSSR count). The molecule has 162 valence electrons. The summed E-state index contributed by atoms with van der Waals surface area (Å²) in [6.45, 7) is 0. The zero-order valence-corrected chi connectivity index (χ0v) is 16.1. The second-order valence-corrected chi connectivity index (χ2v) is 6.64. The molecule has 0 amide bonds. The SMILES string of the molecule is O=C(O)c1cc(Cc2nnc(Cc3cc(C(=O)O)cc(C(=O)O)c3)nn2)cc(C(=O)O)c1. The normalized spacial score (nSPS) is 10.5. The van der Waals surface area contributed by atoms with Crippen molar-refractivity contribution in [3.63, 3.8) is 0 Å². The highest BCUT2D eigenvalue weighted by Crippen LogP contribution is 2.15. The molecule has 0 bridgehead atoms. The Morgan fingerprint density at radius 2 is 0.750 bits per heavy atom. The molecule has 0 radical (unpaired) electrons. The Kier molecular flexibility index (Phi) is 6.14. The molecule has 4 N–H and O–H groups in total. The second kappa shape index (κ2) is 8.95. The fourth-order valence-corrected chi connectivity index (χ4v) is 2.86. The van der Waals surface area contributed by atoms with Crippen molar-refractivity contribution in [2.45, 2.75) is 12.8 Å². The van der Waals surface area contributed by atoms with E-state index in [1.807, 2.05) is 0 Å². The first-order valence-electron chi connectivity index (χ1n) is 8.88. The highest BCUT2D eigenvalue weighted by Gasteiger charge is 2.15. The van der Waals surface area contributed by atoms with Crippen LogP contribution in [0, 0.1) is 0 Å². The third-order valence-corrected chi connectivity index (χ3v) is 4.26. The van der Waals surface area contributed by atoms with Crippen molar-refractivity contribution >= 4 is 23.9 Å². The summed E-state index contributed by atoms with van der Waals surface area (Å²) in [5.74, 6) is -4.95. The van der Waals surface area contributed by atoms with Gasteiger partial charge in [-0.2, -0.15) is 0 Å². The van der Waals surface area contributed by atoms with Crippen LogP contribution in [0.4, 0.5) is 0 Å². The Hall–Kier alpha value is -4.74. The molecule has 1 aromatic heterocycles. The molecule has 0 saturated carbocycles. The largest absolute Gasteiger partial charge is 0.478 e. The lowest BCUT2D eigenvalue weighted by molar-refractivity contribution is 0.0676. The Morgan fingerprint density at radius 3 is 0.969 bits per heavy atom. The van der Waals surface area contributed by atoms with Crippen LogP contribution in [0.25, 0.3) is 0 Å².